The van der Waals surface area contributed by atoms with Gasteiger partial charge in [-0.3, -0.25) is 18.7 Å². The first kappa shape index (κ1) is 19.7. The van der Waals surface area contributed by atoms with Gasteiger partial charge in [-0.2, -0.15) is 0 Å². The van der Waals surface area contributed by atoms with E-state index in [1.165, 1.54) is 11.6 Å². The fraction of sp³-hybridized carbons (Fsp3) is 0.450. The largest absolute Gasteiger partial charge is 0.497 e. The highest BCUT2D eigenvalue weighted by atomic mass is 16.5. The van der Waals surface area contributed by atoms with Crippen LogP contribution >= 0.6 is 0 Å². The molecule has 2 heterocycles. The van der Waals surface area contributed by atoms with Gasteiger partial charge in [0.1, 0.15) is 11.4 Å². The van der Waals surface area contributed by atoms with Crippen LogP contribution in [0.4, 0.5) is 11.4 Å². The van der Waals surface area contributed by atoms with E-state index < -0.39 is 0 Å². The van der Waals surface area contributed by atoms with Gasteiger partial charge in [0.15, 0.2) is 0 Å². The Bertz CT molecular complexity index is 1000. The van der Waals surface area contributed by atoms with Gasteiger partial charge in [0.25, 0.3) is 5.56 Å². The van der Waals surface area contributed by atoms with Crippen molar-refractivity contribution in [3.8, 4) is 5.75 Å². The molecule has 8 heteroatoms. The lowest BCUT2D eigenvalue weighted by Gasteiger charge is -2.33. The Morgan fingerprint density at radius 2 is 1.82 bits per heavy atom. The summed E-state index contributed by atoms with van der Waals surface area (Å²) in [5.41, 5.74) is 1.26. The van der Waals surface area contributed by atoms with Gasteiger partial charge in [-0.25, -0.2) is 4.79 Å². The number of amides is 1. The number of rotatable bonds is 4. The summed E-state index contributed by atoms with van der Waals surface area (Å²) < 4.78 is 7.79. The monoisotopic (exact) mass is 386 g/mol. The molecule has 0 spiro atoms. The maximum atomic E-state index is 12.6. The molecule has 1 N–H and O–H groups in total. The van der Waals surface area contributed by atoms with E-state index in [-0.39, 0.29) is 23.1 Å². The zero-order chi connectivity index (χ0) is 20.4. The maximum absolute atomic E-state index is 12.6. The predicted molar refractivity (Wildman–Crippen MR) is 108 cm³/mol. The van der Waals surface area contributed by atoms with Gasteiger partial charge >= 0.3 is 5.69 Å². The number of carbonyl (C=O) groups excluding carboxylic acids is 1. The number of piperidine rings is 1. The molecule has 1 saturated heterocycles. The Balaban J connectivity index is 1.70. The molecule has 1 amide bonds. The molecule has 1 aromatic carbocycles. The van der Waals surface area contributed by atoms with Gasteiger partial charge in [0, 0.05) is 50.6 Å². The normalized spacial score (nSPS) is 14.8. The molecule has 1 aromatic heterocycles. The summed E-state index contributed by atoms with van der Waals surface area (Å²) in [6, 6.07) is 7.26. The van der Waals surface area contributed by atoms with Crippen molar-refractivity contribution in [1.82, 2.24) is 9.13 Å². The van der Waals surface area contributed by atoms with Gasteiger partial charge in [-0.05, 0) is 31.9 Å². The fourth-order valence-corrected chi connectivity index (χ4v) is 3.60. The second kappa shape index (κ2) is 7.92. The van der Waals surface area contributed by atoms with Gasteiger partial charge in [0.2, 0.25) is 5.91 Å². The maximum Gasteiger partial charge on any atom is 0.330 e. The highest BCUT2D eigenvalue weighted by Crippen LogP contribution is 2.24. The Morgan fingerprint density at radius 3 is 2.46 bits per heavy atom. The number of ether oxygens (including phenoxy) is 1. The van der Waals surface area contributed by atoms with Crippen molar-refractivity contribution < 1.29 is 9.53 Å². The molecule has 2 aromatic rings. The molecule has 0 aliphatic carbocycles. The quantitative estimate of drug-likeness (QED) is 0.855. The minimum absolute atomic E-state index is 0.0296. The third-order valence-corrected chi connectivity index (χ3v) is 5.45. The number of anilines is 2. The van der Waals surface area contributed by atoms with Crippen LogP contribution in [0.5, 0.6) is 5.75 Å². The van der Waals surface area contributed by atoms with Gasteiger partial charge < -0.3 is 15.0 Å². The summed E-state index contributed by atoms with van der Waals surface area (Å²) in [7, 11) is 4.74. The molecule has 150 valence electrons. The lowest BCUT2D eigenvalue weighted by atomic mass is 9.95. The van der Waals surface area contributed by atoms with Crippen LogP contribution in [0.15, 0.2) is 33.9 Å². The number of hydrogen-bond acceptors (Lipinski definition) is 5. The Kier molecular flexibility index (Phi) is 5.58. The van der Waals surface area contributed by atoms with Crippen molar-refractivity contribution >= 4 is 17.3 Å². The molecule has 0 radical (unpaired) electrons. The minimum Gasteiger partial charge on any atom is -0.497 e. The van der Waals surface area contributed by atoms with E-state index in [9.17, 15) is 14.4 Å². The van der Waals surface area contributed by atoms with Crippen molar-refractivity contribution in [2.45, 2.75) is 19.8 Å². The van der Waals surface area contributed by atoms with Gasteiger partial charge in [-0.1, -0.05) is 6.07 Å². The molecule has 0 bridgehead atoms. The number of methoxy groups -OCH3 is 1. The van der Waals surface area contributed by atoms with E-state index in [1.807, 2.05) is 23.1 Å². The molecular formula is C20H26N4O4. The van der Waals surface area contributed by atoms with Crippen molar-refractivity contribution in [1.29, 1.82) is 0 Å². The van der Waals surface area contributed by atoms with Crippen molar-refractivity contribution in [3.05, 3.63) is 50.8 Å². The van der Waals surface area contributed by atoms with Crippen molar-refractivity contribution in [2.24, 2.45) is 20.0 Å². The summed E-state index contributed by atoms with van der Waals surface area (Å²) in [6.07, 6.45) is 1.28. The molecule has 1 aliphatic heterocycles. The average molecular weight is 386 g/mol. The molecule has 3 rings (SSSR count). The molecule has 1 fully saturated rings. The highest BCUT2D eigenvalue weighted by Gasteiger charge is 2.28. The standard InChI is InChI=1S/C20H26N4O4/c1-13-17(19(26)23(3)20(27)22(13)2)24-10-8-14(9-11-24)18(25)21-15-6-5-7-16(12-15)28-4/h5-7,12,14H,8-11H2,1-4H3,(H,21,25). The smallest absolute Gasteiger partial charge is 0.330 e. The second-order valence-corrected chi connectivity index (χ2v) is 7.12. The molecule has 8 nitrogen and oxygen atoms in total. The first-order valence-corrected chi connectivity index (χ1v) is 9.30. The Morgan fingerprint density at radius 1 is 1.14 bits per heavy atom. The third-order valence-electron chi connectivity index (χ3n) is 5.45. The number of aromatic nitrogens is 2. The van der Waals surface area contributed by atoms with Crippen LogP contribution in [0, 0.1) is 12.8 Å². The van der Waals surface area contributed by atoms with Crippen molar-refractivity contribution in [3.63, 3.8) is 0 Å². The third kappa shape index (κ3) is 3.67. The molecule has 0 unspecified atom stereocenters. The zero-order valence-corrected chi connectivity index (χ0v) is 16.7. The summed E-state index contributed by atoms with van der Waals surface area (Å²) in [5, 5.41) is 2.94. The summed E-state index contributed by atoms with van der Waals surface area (Å²) >= 11 is 0. The Hall–Kier alpha value is -3.03. The number of carbonyl (C=O) groups is 1. The zero-order valence-electron chi connectivity index (χ0n) is 16.7. The SMILES string of the molecule is COc1cccc(NC(=O)C2CCN(c3c(C)n(C)c(=O)n(C)c3=O)CC2)c1. The topological polar surface area (TPSA) is 85.6 Å². The number of nitrogens with one attached hydrogen (secondary N) is 1. The molecule has 0 saturated carbocycles. The van der Waals surface area contributed by atoms with Crippen LogP contribution in [0.1, 0.15) is 18.5 Å². The molecule has 0 atom stereocenters. The molecular weight excluding hydrogens is 360 g/mol. The summed E-state index contributed by atoms with van der Waals surface area (Å²) in [5.74, 6) is 0.533. The molecule has 28 heavy (non-hydrogen) atoms. The van der Waals surface area contributed by atoms with Crippen LogP contribution in [0.3, 0.4) is 0 Å². The summed E-state index contributed by atoms with van der Waals surface area (Å²) in [4.78, 5) is 39.2. The van der Waals surface area contributed by atoms with E-state index >= 15 is 0 Å². The first-order valence-electron chi connectivity index (χ1n) is 9.30. The van der Waals surface area contributed by atoms with E-state index in [0.717, 1.165) is 4.57 Å². The van der Waals surface area contributed by atoms with Crippen LogP contribution in [-0.2, 0) is 18.9 Å². The summed E-state index contributed by atoms with van der Waals surface area (Å²) in [6.45, 7) is 2.95. The van der Waals surface area contributed by atoms with Gasteiger partial charge in [0.05, 0.1) is 7.11 Å². The van der Waals surface area contributed by atoms with E-state index in [4.69, 9.17) is 4.74 Å². The number of hydrogen-bond donors (Lipinski definition) is 1. The van der Waals surface area contributed by atoms with Crippen LogP contribution < -0.4 is 26.2 Å². The second-order valence-electron chi connectivity index (χ2n) is 7.12. The molecule has 1 aliphatic rings. The van der Waals surface area contributed by atoms with Crippen LogP contribution in [-0.4, -0.2) is 35.2 Å². The van der Waals surface area contributed by atoms with E-state index in [0.29, 0.717) is 48.7 Å². The van der Waals surface area contributed by atoms with Crippen molar-refractivity contribution in [2.75, 3.05) is 30.4 Å². The van der Waals surface area contributed by atoms with E-state index in [1.54, 1.807) is 27.1 Å². The number of nitrogens with zero attached hydrogens (tertiary/aromatic N) is 3. The Labute approximate surface area is 163 Å². The highest BCUT2D eigenvalue weighted by molar-refractivity contribution is 5.92. The fourth-order valence-electron chi connectivity index (χ4n) is 3.60. The number of benzene rings is 1. The lowest BCUT2D eigenvalue weighted by molar-refractivity contribution is -0.120. The first-order chi connectivity index (χ1) is 13.3. The lowest BCUT2D eigenvalue weighted by Crippen LogP contribution is -2.46. The average Bonchev–Trinajstić information content (AvgIpc) is 2.71. The van der Waals surface area contributed by atoms with E-state index in [2.05, 4.69) is 5.32 Å². The predicted octanol–water partition coefficient (Wildman–Crippen LogP) is 1.26. The van der Waals surface area contributed by atoms with Crippen LogP contribution in [0.25, 0.3) is 0 Å². The minimum atomic E-state index is -0.334. The van der Waals surface area contributed by atoms with Crippen LogP contribution in [0.2, 0.25) is 0 Å². The van der Waals surface area contributed by atoms with Gasteiger partial charge in [-0.15, -0.1) is 0 Å².